The highest BCUT2D eigenvalue weighted by atomic mass is 32.1. The van der Waals surface area contributed by atoms with E-state index in [1.165, 1.54) is 11.3 Å². The van der Waals surface area contributed by atoms with E-state index in [1.807, 2.05) is 54.6 Å². The number of benzene rings is 2. The van der Waals surface area contributed by atoms with Crippen LogP contribution in [0.1, 0.15) is 0 Å². The molecule has 0 fully saturated rings. The van der Waals surface area contributed by atoms with Crippen molar-refractivity contribution in [2.45, 2.75) is 0 Å². The maximum absolute atomic E-state index is 5.45. The summed E-state index contributed by atoms with van der Waals surface area (Å²) in [5, 5.41) is 21.5. The van der Waals surface area contributed by atoms with Crippen LogP contribution in [0.15, 0.2) is 54.6 Å². The molecule has 2 aromatic carbocycles. The van der Waals surface area contributed by atoms with Crippen LogP contribution in [-0.2, 0) is 0 Å². The lowest BCUT2D eigenvalue weighted by Gasteiger charge is -2.03. The molecule has 9 heteroatoms. The maximum atomic E-state index is 5.45. The molecule has 3 aromatic heterocycles. The van der Waals surface area contributed by atoms with Crippen molar-refractivity contribution in [1.82, 2.24) is 30.0 Å². The molecule has 5 rings (SSSR count). The minimum atomic E-state index is 0.602. The second-order valence-corrected chi connectivity index (χ2v) is 7.18. The minimum Gasteiger partial charge on any atom is -0.497 e. The van der Waals surface area contributed by atoms with Crippen LogP contribution in [0.5, 0.6) is 11.5 Å². The molecule has 8 nitrogen and oxygen atoms in total. The number of hydrogen-bond acceptors (Lipinski definition) is 7. The van der Waals surface area contributed by atoms with E-state index in [1.54, 1.807) is 18.7 Å². The van der Waals surface area contributed by atoms with Crippen molar-refractivity contribution in [3.63, 3.8) is 0 Å². The van der Waals surface area contributed by atoms with Gasteiger partial charge in [0, 0.05) is 5.56 Å². The lowest BCUT2D eigenvalue weighted by atomic mass is 10.1. The molecule has 0 atom stereocenters. The predicted octanol–water partition coefficient (Wildman–Crippen LogP) is 3.93. The summed E-state index contributed by atoms with van der Waals surface area (Å²) >= 11 is 1.45. The highest BCUT2D eigenvalue weighted by Crippen LogP contribution is 2.34. The minimum absolute atomic E-state index is 0.602. The van der Waals surface area contributed by atoms with E-state index in [0.29, 0.717) is 10.8 Å². The van der Waals surface area contributed by atoms with E-state index in [9.17, 15) is 0 Å². The molecule has 0 radical (unpaired) electrons. The molecule has 1 N–H and O–H groups in total. The van der Waals surface area contributed by atoms with E-state index in [4.69, 9.17) is 14.6 Å². The zero-order valence-corrected chi connectivity index (χ0v) is 16.5. The second-order valence-electron chi connectivity index (χ2n) is 6.22. The zero-order chi connectivity index (χ0) is 19.8. The summed E-state index contributed by atoms with van der Waals surface area (Å²) in [4.78, 5) is 0.696. The average molecular weight is 404 g/mol. The van der Waals surface area contributed by atoms with Crippen molar-refractivity contribution in [1.29, 1.82) is 0 Å². The largest absolute Gasteiger partial charge is 0.497 e. The molecular weight excluding hydrogens is 388 g/mol. The van der Waals surface area contributed by atoms with Gasteiger partial charge in [0.25, 0.3) is 0 Å². The zero-order valence-electron chi connectivity index (χ0n) is 15.7. The van der Waals surface area contributed by atoms with E-state index < -0.39 is 0 Å². The molecule has 0 saturated heterocycles. The number of aromatic amines is 1. The monoisotopic (exact) mass is 404 g/mol. The van der Waals surface area contributed by atoms with Crippen LogP contribution >= 0.6 is 11.3 Å². The van der Waals surface area contributed by atoms with Crippen molar-refractivity contribution < 1.29 is 9.47 Å². The van der Waals surface area contributed by atoms with Gasteiger partial charge in [-0.2, -0.15) is 14.7 Å². The molecule has 0 aliphatic carbocycles. The molecule has 0 spiro atoms. The van der Waals surface area contributed by atoms with Crippen molar-refractivity contribution >= 4 is 16.3 Å². The third kappa shape index (κ3) is 3.01. The van der Waals surface area contributed by atoms with Gasteiger partial charge in [-0.1, -0.05) is 23.5 Å². The Morgan fingerprint density at radius 3 is 2.59 bits per heavy atom. The number of hydrogen-bond donors (Lipinski definition) is 1. The fourth-order valence-electron chi connectivity index (χ4n) is 3.06. The van der Waals surface area contributed by atoms with Gasteiger partial charge in [0.1, 0.15) is 17.2 Å². The number of ether oxygens (including phenoxy) is 2. The summed E-state index contributed by atoms with van der Waals surface area (Å²) < 4.78 is 12.4. The molecule has 3 heterocycles. The summed E-state index contributed by atoms with van der Waals surface area (Å²) in [7, 11) is 3.29. The molecular formula is C20H16N6O2S. The Balaban J connectivity index is 1.53. The molecule has 0 unspecified atom stereocenters. The second kappa shape index (κ2) is 7.02. The van der Waals surface area contributed by atoms with Gasteiger partial charge in [-0.15, -0.1) is 10.2 Å². The van der Waals surface area contributed by atoms with Crippen molar-refractivity contribution in [2.24, 2.45) is 0 Å². The van der Waals surface area contributed by atoms with Crippen LogP contribution in [-0.4, -0.2) is 44.2 Å². The van der Waals surface area contributed by atoms with Gasteiger partial charge in [0.15, 0.2) is 5.01 Å². The summed E-state index contributed by atoms with van der Waals surface area (Å²) in [6.07, 6.45) is 0. The van der Waals surface area contributed by atoms with Crippen LogP contribution in [0.2, 0.25) is 0 Å². The number of aromatic nitrogens is 6. The summed E-state index contributed by atoms with van der Waals surface area (Å²) in [5.74, 6) is 2.17. The van der Waals surface area contributed by atoms with Gasteiger partial charge in [-0.3, -0.25) is 5.10 Å². The molecule has 29 heavy (non-hydrogen) atoms. The molecule has 0 saturated carbocycles. The first kappa shape index (κ1) is 17.4. The molecule has 0 aliphatic rings. The maximum Gasteiger partial charge on any atom is 0.235 e. The Labute approximate surface area is 169 Å². The van der Waals surface area contributed by atoms with Crippen molar-refractivity contribution in [3.8, 4) is 44.8 Å². The Hall–Kier alpha value is -3.72. The molecule has 0 bridgehead atoms. The Morgan fingerprint density at radius 2 is 1.79 bits per heavy atom. The lowest BCUT2D eigenvalue weighted by molar-refractivity contribution is 0.415. The molecule has 0 amide bonds. The summed E-state index contributed by atoms with van der Waals surface area (Å²) in [6, 6.07) is 17.4. The van der Waals surface area contributed by atoms with E-state index in [-0.39, 0.29) is 0 Å². The van der Waals surface area contributed by atoms with E-state index >= 15 is 0 Å². The number of H-pyrrole nitrogens is 1. The van der Waals surface area contributed by atoms with Gasteiger partial charge in [-0.05, 0) is 42.5 Å². The number of rotatable bonds is 5. The van der Waals surface area contributed by atoms with E-state index in [0.717, 1.165) is 39.0 Å². The number of nitrogens with one attached hydrogen (secondary N) is 1. The average Bonchev–Trinajstić information content (AvgIpc) is 3.49. The van der Waals surface area contributed by atoms with Crippen LogP contribution in [0.4, 0.5) is 0 Å². The normalized spacial score (nSPS) is 11.1. The predicted molar refractivity (Wildman–Crippen MR) is 110 cm³/mol. The number of nitrogens with zero attached hydrogens (tertiary/aromatic N) is 5. The SMILES string of the molecule is COc1ccc(-c2cc(-c3nnc4sc(-c5ccccc5OC)nn34)[nH]n2)cc1. The third-order valence-corrected chi connectivity index (χ3v) is 5.46. The standard InChI is InChI=1S/C20H16N6O2S/c1-27-13-9-7-12(8-10-13)15-11-16(22-21-15)18-23-24-20-26(18)25-19(29-20)14-5-3-4-6-17(14)28-2/h3-11H,1-2H3,(H,21,22). The van der Waals surface area contributed by atoms with Crippen LogP contribution in [0.25, 0.3) is 38.3 Å². The molecule has 5 aromatic rings. The quantitative estimate of drug-likeness (QED) is 0.477. The van der Waals surface area contributed by atoms with Crippen LogP contribution in [0, 0.1) is 0 Å². The summed E-state index contributed by atoms with van der Waals surface area (Å²) in [5.41, 5.74) is 3.43. The van der Waals surface area contributed by atoms with Crippen LogP contribution in [0.3, 0.4) is 0 Å². The van der Waals surface area contributed by atoms with Gasteiger partial charge in [0.2, 0.25) is 10.8 Å². The van der Waals surface area contributed by atoms with Gasteiger partial charge >= 0.3 is 0 Å². The first-order valence-corrected chi connectivity index (χ1v) is 9.64. The topological polar surface area (TPSA) is 90.2 Å². The van der Waals surface area contributed by atoms with Crippen molar-refractivity contribution in [3.05, 3.63) is 54.6 Å². The Morgan fingerprint density at radius 1 is 0.966 bits per heavy atom. The third-order valence-electron chi connectivity index (χ3n) is 4.53. The first-order valence-electron chi connectivity index (χ1n) is 8.82. The highest BCUT2D eigenvalue weighted by Gasteiger charge is 2.18. The fourth-order valence-corrected chi connectivity index (χ4v) is 3.93. The van der Waals surface area contributed by atoms with Gasteiger partial charge < -0.3 is 9.47 Å². The molecule has 144 valence electrons. The van der Waals surface area contributed by atoms with E-state index in [2.05, 4.69) is 20.4 Å². The smallest absolute Gasteiger partial charge is 0.235 e. The fraction of sp³-hybridized carbons (Fsp3) is 0.100. The Bertz CT molecular complexity index is 1290. The first-order chi connectivity index (χ1) is 14.3. The summed E-state index contributed by atoms with van der Waals surface area (Å²) in [6.45, 7) is 0. The van der Waals surface area contributed by atoms with Gasteiger partial charge in [-0.25, -0.2) is 0 Å². The number of para-hydroxylation sites is 1. The highest BCUT2D eigenvalue weighted by molar-refractivity contribution is 7.19. The lowest BCUT2D eigenvalue weighted by Crippen LogP contribution is -1.92. The van der Waals surface area contributed by atoms with Gasteiger partial charge in [0.05, 0.1) is 25.5 Å². The molecule has 0 aliphatic heterocycles. The van der Waals surface area contributed by atoms with Crippen molar-refractivity contribution in [2.75, 3.05) is 14.2 Å². The number of methoxy groups -OCH3 is 2. The van der Waals surface area contributed by atoms with Crippen LogP contribution < -0.4 is 9.47 Å². The number of fused-ring (bicyclic) bond motifs is 1. The Kier molecular flexibility index (Phi) is 4.21.